The Morgan fingerprint density at radius 3 is 2.25 bits per heavy atom. The molecule has 0 aromatic heterocycles. The van der Waals surface area contributed by atoms with Gasteiger partial charge in [-0.3, -0.25) is 0 Å². The maximum Gasteiger partial charge on any atom is 0.0314 e. The highest BCUT2D eigenvalue weighted by atomic mass is 14.6. The van der Waals surface area contributed by atoms with E-state index in [1.807, 2.05) is 0 Å². The van der Waals surface area contributed by atoms with E-state index in [1.165, 1.54) is 44.1 Å². The molecule has 0 atom stereocenters. The molecule has 2 N–H and O–H groups in total. The van der Waals surface area contributed by atoms with Gasteiger partial charge in [-0.2, -0.15) is 0 Å². The molecule has 0 unspecified atom stereocenters. The van der Waals surface area contributed by atoms with Crippen LogP contribution in [-0.4, -0.2) is 0 Å². The Labute approximate surface area is 99.4 Å². The average Bonchev–Trinajstić information content (AvgIpc) is 2.29. The summed E-state index contributed by atoms with van der Waals surface area (Å²) in [6, 6.07) is 8.44. The molecule has 1 heteroatoms. The SMILES string of the molecule is C=C(N)c1ccc(CCCCCCC)cc1. The van der Waals surface area contributed by atoms with E-state index in [1.54, 1.807) is 0 Å². The van der Waals surface area contributed by atoms with E-state index in [9.17, 15) is 0 Å². The van der Waals surface area contributed by atoms with Gasteiger partial charge in [0.1, 0.15) is 0 Å². The Bertz CT molecular complexity index is 311. The molecule has 1 nitrogen and oxygen atoms in total. The van der Waals surface area contributed by atoms with Crippen molar-refractivity contribution in [2.75, 3.05) is 0 Å². The van der Waals surface area contributed by atoms with E-state index in [0.717, 1.165) is 5.56 Å². The predicted octanol–water partition coefficient (Wildman–Crippen LogP) is 4.13. The fraction of sp³-hybridized carbons (Fsp3) is 0.467. The second-order valence-corrected chi connectivity index (χ2v) is 4.39. The van der Waals surface area contributed by atoms with Gasteiger partial charge in [-0.1, -0.05) is 63.5 Å². The first-order valence-corrected chi connectivity index (χ1v) is 6.27. The summed E-state index contributed by atoms with van der Waals surface area (Å²) in [7, 11) is 0. The second kappa shape index (κ2) is 7.10. The van der Waals surface area contributed by atoms with Gasteiger partial charge in [-0.05, 0) is 24.0 Å². The van der Waals surface area contributed by atoms with Crippen LogP contribution in [0.25, 0.3) is 5.70 Å². The van der Waals surface area contributed by atoms with Gasteiger partial charge < -0.3 is 5.73 Å². The van der Waals surface area contributed by atoms with Gasteiger partial charge >= 0.3 is 0 Å². The van der Waals surface area contributed by atoms with Crippen molar-refractivity contribution in [3.05, 3.63) is 42.0 Å². The molecule has 88 valence electrons. The lowest BCUT2D eigenvalue weighted by Gasteiger charge is -2.04. The van der Waals surface area contributed by atoms with Crippen LogP contribution in [0.2, 0.25) is 0 Å². The number of aryl methyl sites for hydroxylation is 1. The molecule has 0 spiro atoms. The molecule has 1 aromatic carbocycles. The number of hydrogen-bond donors (Lipinski definition) is 1. The van der Waals surface area contributed by atoms with E-state index >= 15 is 0 Å². The molecule has 0 fully saturated rings. The van der Waals surface area contributed by atoms with Crippen LogP contribution in [0.4, 0.5) is 0 Å². The van der Waals surface area contributed by atoms with Crippen molar-refractivity contribution in [3.8, 4) is 0 Å². The van der Waals surface area contributed by atoms with Crippen molar-refractivity contribution < 1.29 is 0 Å². The summed E-state index contributed by atoms with van der Waals surface area (Å²) in [5.41, 5.74) is 8.71. The van der Waals surface area contributed by atoms with E-state index < -0.39 is 0 Å². The molecule has 1 aromatic rings. The first-order chi connectivity index (χ1) is 7.74. The molecule has 0 aliphatic heterocycles. The summed E-state index contributed by atoms with van der Waals surface area (Å²) in [5, 5.41) is 0. The van der Waals surface area contributed by atoms with Crippen LogP contribution in [0.1, 0.15) is 50.2 Å². The normalized spacial score (nSPS) is 10.3. The number of hydrogen-bond acceptors (Lipinski definition) is 1. The summed E-state index contributed by atoms with van der Waals surface area (Å²) in [4.78, 5) is 0. The number of benzene rings is 1. The van der Waals surface area contributed by atoms with Crippen LogP contribution < -0.4 is 5.73 Å². The van der Waals surface area contributed by atoms with Crippen molar-refractivity contribution in [1.29, 1.82) is 0 Å². The van der Waals surface area contributed by atoms with Crippen LogP contribution >= 0.6 is 0 Å². The maximum absolute atomic E-state index is 5.62. The number of rotatable bonds is 7. The maximum atomic E-state index is 5.62. The first kappa shape index (κ1) is 12.8. The third kappa shape index (κ3) is 4.52. The van der Waals surface area contributed by atoms with Crippen LogP contribution in [0.5, 0.6) is 0 Å². The van der Waals surface area contributed by atoms with Crippen LogP contribution in [0.3, 0.4) is 0 Å². The first-order valence-electron chi connectivity index (χ1n) is 6.27. The molecule has 0 bridgehead atoms. The Morgan fingerprint density at radius 2 is 1.69 bits per heavy atom. The van der Waals surface area contributed by atoms with Crippen molar-refractivity contribution in [3.63, 3.8) is 0 Å². The standard InChI is InChI=1S/C15H23N/c1-3-4-5-6-7-8-14-9-11-15(12-10-14)13(2)16/h9-12H,2-8,16H2,1H3. The van der Waals surface area contributed by atoms with E-state index in [2.05, 4.69) is 37.8 Å². The minimum absolute atomic E-state index is 0.648. The lowest BCUT2D eigenvalue weighted by Crippen LogP contribution is -1.94. The van der Waals surface area contributed by atoms with Crippen LogP contribution in [0.15, 0.2) is 30.8 Å². The van der Waals surface area contributed by atoms with Gasteiger partial charge in [0, 0.05) is 5.70 Å². The van der Waals surface area contributed by atoms with Crippen LogP contribution in [-0.2, 0) is 6.42 Å². The Morgan fingerprint density at radius 1 is 1.06 bits per heavy atom. The third-order valence-corrected chi connectivity index (χ3v) is 2.89. The van der Waals surface area contributed by atoms with Gasteiger partial charge in [0.25, 0.3) is 0 Å². The fourth-order valence-corrected chi connectivity index (χ4v) is 1.82. The van der Waals surface area contributed by atoms with Crippen molar-refractivity contribution in [1.82, 2.24) is 0 Å². The average molecular weight is 217 g/mol. The molecule has 0 saturated carbocycles. The molecule has 1 rings (SSSR count). The molecule has 0 saturated heterocycles. The van der Waals surface area contributed by atoms with Gasteiger partial charge in [0.05, 0.1) is 0 Å². The lowest BCUT2D eigenvalue weighted by atomic mass is 10.0. The van der Waals surface area contributed by atoms with E-state index in [0.29, 0.717) is 5.70 Å². The zero-order valence-corrected chi connectivity index (χ0v) is 10.3. The molecular formula is C15H23N. The molecular weight excluding hydrogens is 194 g/mol. The van der Waals surface area contributed by atoms with Crippen molar-refractivity contribution in [2.24, 2.45) is 5.73 Å². The third-order valence-electron chi connectivity index (χ3n) is 2.89. The zero-order chi connectivity index (χ0) is 11.8. The summed E-state index contributed by atoms with van der Waals surface area (Å²) < 4.78 is 0. The molecule has 0 aliphatic rings. The van der Waals surface area contributed by atoms with E-state index in [4.69, 9.17) is 5.73 Å². The van der Waals surface area contributed by atoms with Crippen LogP contribution in [0, 0.1) is 0 Å². The summed E-state index contributed by atoms with van der Waals surface area (Å²) in [6.45, 7) is 5.98. The Hall–Kier alpha value is -1.24. The molecule has 0 amide bonds. The second-order valence-electron chi connectivity index (χ2n) is 4.39. The smallest absolute Gasteiger partial charge is 0.0314 e. The van der Waals surface area contributed by atoms with Gasteiger partial charge in [0.2, 0.25) is 0 Å². The molecule has 16 heavy (non-hydrogen) atoms. The van der Waals surface area contributed by atoms with E-state index in [-0.39, 0.29) is 0 Å². The van der Waals surface area contributed by atoms with Gasteiger partial charge in [-0.25, -0.2) is 0 Å². The molecule has 0 radical (unpaired) electrons. The topological polar surface area (TPSA) is 26.0 Å². The zero-order valence-electron chi connectivity index (χ0n) is 10.3. The largest absolute Gasteiger partial charge is 0.399 e. The number of nitrogens with two attached hydrogens (primary N) is 1. The lowest BCUT2D eigenvalue weighted by molar-refractivity contribution is 0.632. The monoisotopic (exact) mass is 217 g/mol. The minimum atomic E-state index is 0.648. The predicted molar refractivity (Wildman–Crippen MR) is 72.1 cm³/mol. The highest BCUT2D eigenvalue weighted by Crippen LogP contribution is 2.12. The highest BCUT2D eigenvalue weighted by Gasteiger charge is 1.96. The molecule has 0 heterocycles. The summed E-state index contributed by atoms with van der Waals surface area (Å²) >= 11 is 0. The highest BCUT2D eigenvalue weighted by molar-refractivity contribution is 5.60. The summed E-state index contributed by atoms with van der Waals surface area (Å²) in [5.74, 6) is 0. The summed E-state index contributed by atoms with van der Waals surface area (Å²) in [6.07, 6.45) is 7.87. The fourth-order valence-electron chi connectivity index (χ4n) is 1.82. The van der Waals surface area contributed by atoms with Crippen molar-refractivity contribution >= 4 is 5.70 Å². The Kier molecular flexibility index (Phi) is 5.69. The number of unbranched alkanes of at least 4 members (excludes halogenated alkanes) is 4. The minimum Gasteiger partial charge on any atom is -0.399 e. The quantitative estimate of drug-likeness (QED) is 0.683. The van der Waals surface area contributed by atoms with Crippen molar-refractivity contribution in [2.45, 2.75) is 45.4 Å². The Balaban J connectivity index is 2.29. The van der Waals surface area contributed by atoms with Gasteiger partial charge in [0.15, 0.2) is 0 Å². The molecule has 0 aliphatic carbocycles. The van der Waals surface area contributed by atoms with Gasteiger partial charge in [-0.15, -0.1) is 0 Å².